The summed E-state index contributed by atoms with van der Waals surface area (Å²) in [5.74, 6) is 6.48. The Morgan fingerprint density at radius 3 is 1.36 bits per heavy atom. The maximum absolute atomic E-state index is 13.6. The van der Waals surface area contributed by atoms with Crippen molar-refractivity contribution in [2.24, 2.45) is 80.8 Å². The van der Waals surface area contributed by atoms with Gasteiger partial charge in [0.05, 0.1) is 25.4 Å². The van der Waals surface area contributed by atoms with E-state index in [0.29, 0.717) is 53.3 Å². The number of unbranched alkanes of at least 4 members (excludes halogenated alkanes) is 5. The highest BCUT2D eigenvalue weighted by Gasteiger charge is 2.68. The van der Waals surface area contributed by atoms with Crippen LogP contribution in [0.2, 0.25) is 0 Å². The summed E-state index contributed by atoms with van der Waals surface area (Å²) in [7, 11) is 2.02. The first-order valence-electron chi connectivity index (χ1n) is 41.1. The molecule has 2 spiro atoms. The molecule has 0 radical (unpaired) electrons. The number of nitrogens with zero attached hydrogens (tertiary/aromatic N) is 1. The second-order valence-electron chi connectivity index (χ2n) is 34.6. The molecule has 4 heterocycles. The van der Waals surface area contributed by atoms with Gasteiger partial charge < -0.3 is 70.5 Å². The third kappa shape index (κ3) is 19.0. The van der Waals surface area contributed by atoms with Gasteiger partial charge in [-0.3, -0.25) is 0 Å². The first kappa shape index (κ1) is 78.7. The number of fused-ring (bicyclic) bond motifs is 14. The molecule has 1 amide bonds. The number of amides is 1. The third-order valence-electron chi connectivity index (χ3n) is 28.2. The predicted molar refractivity (Wildman–Crippen MR) is 397 cm³/mol. The molecule has 98 heavy (non-hydrogen) atoms. The largest absolute Gasteiger partial charge is 0.450 e. The van der Waals surface area contributed by atoms with Crippen molar-refractivity contribution in [3.63, 3.8) is 0 Å². The molecule has 4 aliphatic heterocycles. The van der Waals surface area contributed by atoms with Crippen molar-refractivity contribution in [3.05, 3.63) is 23.3 Å². The fourth-order valence-corrected chi connectivity index (χ4v) is 22.3. The van der Waals surface area contributed by atoms with Crippen LogP contribution < -0.4 is 37.2 Å². The monoisotopic (exact) mass is 1390 g/mol. The maximum atomic E-state index is 13.6. The molecule has 12 rings (SSSR count). The number of rotatable bonds is 31. The average Bonchev–Trinajstić information content (AvgIpc) is 1.49. The van der Waals surface area contributed by atoms with E-state index in [2.05, 4.69) is 112 Å². The van der Waals surface area contributed by atoms with Gasteiger partial charge in [-0.05, 0) is 210 Å². The molecule has 562 valence electrons. The smallest absolute Gasteiger partial charge is 0.410 e. The molecule has 8 aliphatic carbocycles. The van der Waals surface area contributed by atoms with Gasteiger partial charge >= 0.3 is 11.5 Å². The van der Waals surface area contributed by atoms with Crippen molar-refractivity contribution >= 4 is 23.1 Å². The fourth-order valence-electron chi connectivity index (χ4n) is 22.2. The molecule has 7 N–H and O–H groups in total. The first-order valence-corrected chi connectivity index (χ1v) is 41.5. The zero-order valence-corrected chi connectivity index (χ0v) is 64.4. The summed E-state index contributed by atoms with van der Waals surface area (Å²) in [6, 6.07) is 0. The van der Waals surface area contributed by atoms with Crippen LogP contribution in [0.1, 0.15) is 242 Å². The van der Waals surface area contributed by atoms with Gasteiger partial charge in [-0.2, -0.15) is 0 Å². The van der Waals surface area contributed by atoms with Gasteiger partial charge in [0.1, 0.15) is 12.2 Å². The Morgan fingerprint density at radius 1 is 0.500 bits per heavy atom. The van der Waals surface area contributed by atoms with Crippen LogP contribution in [0.25, 0.3) is 0 Å². The van der Waals surface area contributed by atoms with Crippen LogP contribution in [-0.2, 0) is 28.4 Å². The van der Waals surface area contributed by atoms with Gasteiger partial charge in [-0.25, -0.2) is 9.59 Å². The normalized spacial score (nSPS) is 39.4. The van der Waals surface area contributed by atoms with Crippen molar-refractivity contribution in [2.75, 3.05) is 118 Å². The van der Waals surface area contributed by atoms with E-state index in [9.17, 15) is 9.59 Å². The number of ether oxygens (including phenoxy) is 6. The SMILES string of the molecule is CCCCC.CCCCN(CCNCCNCCNCCNCCNCCNCCCCCNC)C(=O)O[C@H]1CC[C@@]2(C)C(=CC[C@H]3[C@@H]4C[C@@H]5O[C@]6(CC[C@@H](C)CO6)C[C@@H]5[C@@]4(C)CC[C@@H]32)C1.C[C@@H]1CC[C@@]2(C[C@H]3[C@H](C[C@H]4[C@@H]5CC=C6C[C@@H](OC(=O)Cl)CC[C@]6(C)[C@H]5CC[C@@]43C)O2)OC1. The molecule has 0 unspecified atom stereocenters. The van der Waals surface area contributed by atoms with Crippen LogP contribution in [0.15, 0.2) is 23.3 Å². The first-order chi connectivity index (χ1) is 47.3. The van der Waals surface area contributed by atoms with E-state index in [4.69, 9.17) is 40.0 Å². The van der Waals surface area contributed by atoms with Crippen molar-refractivity contribution < 1.29 is 38.0 Å². The fraction of sp³-hybridized carbons (Fsp3) is 0.926. The molecular weight excluding hydrogens is 1250 g/mol. The number of allylic oxidation sites excluding steroid dienone is 2. The second-order valence-corrected chi connectivity index (χ2v) is 34.9. The molecule has 0 aromatic heterocycles. The zero-order valence-electron chi connectivity index (χ0n) is 63.6. The topological polar surface area (TPSA) is 177 Å². The van der Waals surface area contributed by atoms with Gasteiger partial charge in [0.15, 0.2) is 11.6 Å². The van der Waals surface area contributed by atoms with Crippen LogP contribution in [0, 0.1) is 80.8 Å². The van der Waals surface area contributed by atoms with Gasteiger partial charge in [-0.15, -0.1) is 0 Å². The van der Waals surface area contributed by atoms with Gasteiger partial charge in [-0.1, -0.05) is 118 Å². The van der Waals surface area contributed by atoms with Crippen LogP contribution in [0.3, 0.4) is 0 Å². The highest BCUT2D eigenvalue weighted by molar-refractivity contribution is 6.61. The minimum Gasteiger partial charge on any atom is -0.450 e. The van der Waals surface area contributed by atoms with Crippen molar-refractivity contribution in [2.45, 2.75) is 278 Å². The number of carbonyl (C=O) groups is 2. The Balaban J connectivity index is 0.000000232. The number of hydrogen-bond acceptors (Lipinski definition) is 15. The molecule has 10 fully saturated rings. The molecule has 17 heteroatoms. The van der Waals surface area contributed by atoms with Gasteiger partial charge in [0.25, 0.3) is 0 Å². The summed E-state index contributed by atoms with van der Waals surface area (Å²) in [6.07, 6.45) is 38.5. The standard InChI is InChI=1S/C49H92N8O4.C27H39ClO4.C5H12/c1-6-7-32-57(33-31-56-30-29-55-28-27-54-26-25-53-24-23-52-22-21-51-20-10-8-9-19-50-5)46(58)60-40-14-16-47(3)39(34-40)11-12-41-42(47)15-17-48(4)43(41)35-45-44(48)36-49(61-45)18-13-38(2)37-59-49;1-16-6-11-27(30-15-16)14-22-23(32-27)13-21-19-5-4-17-12-18(31-24(28)29)7-9-25(17,2)20(19)8-10-26(21,22)3;1-3-5-4-2/h11,38,40-45,50-56H,6-10,12-37H2,1-5H3;4,16,18-23H,5-15H2,1-3H3;3-5H2,1-2H3/t38-,40+,41-,42+,43+,44+,45+,47+,48+,49-;16-,18+,19-,20+,21+,22+,23+,25+,26+,27-;/m11./s1. The molecule has 20 atom stereocenters. The summed E-state index contributed by atoms with van der Waals surface area (Å²) in [5.41, 5.74) is 3.66. The van der Waals surface area contributed by atoms with Crippen LogP contribution in [0.4, 0.5) is 9.59 Å². The van der Waals surface area contributed by atoms with Crippen molar-refractivity contribution in [1.82, 2.24) is 42.1 Å². The lowest BCUT2D eigenvalue weighted by Crippen LogP contribution is -2.51. The summed E-state index contributed by atoms with van der Waals surface area (Å²) in [5, 5.41) is 24.3. The molecule has 16 nitrogen and oxygen atoms in total. The third-order valence-corrected chi connectivity index (χ3v) is 28.2. The van der Waals surface area contributed by atoms with Crippen LogP contribution >= 0.6 is 11.6 Å². The minimum absolute atomic E-state index is 0.0145. The quantitative estimate of drug-likeness (QED) is 0.0198. The van der Waals surface area contributed by atoms with E-state index >= 15 is 0 Å². The lowest BCUT2D eigenvalue weighted by atomic mass is 9.47. The highest BCUT2D eigenvalue weighted by Crippen LogP contribution is 2.72. The number of hydrogen-bond donors (Lipinski definition) is 7. The summed E-state index contributed by atoms with van der Waals surface area (Å²) < 4.78 is 38.2. The van der Waals surface area contributed by atoms with Crippen LogP contribution in [0.5, 0.6) is 0 Å². The van der Waals surface area contributed by atoms with E-state index in [1.807, 2.05) is 11.9 Å². The molecule has 0 bridgehead atoms. The van der Waals surface area contributed by atoms with E-state index < -0.39 is 5.43 Å². The second kappa shape index (κ2) is 36.9. The predicted octanol–water partition coefficient (Wildman–Crippen LogP) is 14.7. The van der Waals surface area contributed by atoms with E-state index in [1.165, 1.54) is 108 Å². The Labute approximate surface area is 600 Å². The number of halogens is 1. The van der Waals surface area contributed by atoms with Crippen molar-refractivity contribution in [3.8, 4) is 0 Å². The Bertz CT molecular complexity index is 2510. The maximum Gasteiger partial charge on any atom is 0.410 e. The molecule has 12 aliphatic rings. The lowest BCUT2D eigenvalue weighted by Gasteiger charge is -2.58. The van der Waals surface area contributed by atoms with E-state index in [1.54, 1.807) is 5.57 Å². The van der Waals surface area contributed by atoms with Crippen molar-refractivity contribution in [1.29, 1.82) is 0 Å². The molecule has 4 saturated heterocycles. The average molecular weight is 1390 g/mol. The summed E-state index contributed by atoms with van der Waals surface area (Å²) in [4.78, 5) is 26.8. The number of carbonyl (C=O) groups excluding carboxylic acids is 2. The van der Waals surface area contributed by atoms with Crippen LogP contribution in [-0.4, -0.2) is 171 Å². The van der Waals surface area contributed by atoms with E-state index in [0.717, 1.165) is 217 Å². The Hall–Kier alpha value is -1.93. The van der Waals surface area contributed by atoms with E-state index in [-0.39, 0.29) is 40.7 Å². The molecule has 0 aromatic carbocycles. The Morgan fingerprint density at radius 2 is 0.939 bits per heavy atom. The molecular formula is C81H143ClN8O8. The molecule has 0 aromatic rings. The summed E-state index contributed by atoms with van der Waals surface area (Å²) in [6.45, 7) is 37.4. The molecule has 6 saturated carbocycles. The zero-order chi connectivity index (χ0) is 69.4. The highest BCUT2D eigenvalue weighted by atomic mass is 35.5. The minimum atomic E-state index is -0.659. The lowest BCUT2D eigenvalue weighted by molar-refractivity contribution is -0.256. The van der Waals surface area contributed by atoms with Gasteiger partial charge in [0, 0.05) is 135 Å². The van der Waals surface area contributed by atoms with Gasteiger partial charge in [0.2, 0.25) is 0 Å². The summed E-state index contributed by atoms with van der Waals surface area (Å²) >= 11 is 5.51. The Kier molecular flexibility index (Phi) is 29.6. The number of nitrogens with one attached hydrogen (secondary N) is 7.